The Morgan fingerprint density at radius 3 is 3.00 bits per heavy atom. The van der Waals surface area contributed by atoms with Gasteiger partial charge in [0.1, 0.15) is 0 Å². The third kappa shape index (κ3) is 2.33. The summed E-state index contributed by atoms with van der Waals surface area (Å²) in [5.74, 6) is -0.0109. The average Bonchev–Trinajstić information content (AvgIpc) is 2.71. The van der Waals surface area contributed by atoms with Crippen LogP contribution >= 0.6 is 0 Å². The minimum atomic E-state index is -0.445. The van der Waals surface area contributed by atoms with Gasteiger partial charge in [0.25, 0.3) is 0 Å². The van der Waals surface area contributed by atoms with Gasteiger partial charge in [-0.2, -0.15) is 0 Å². The van der Waals surface area contributed by atoms with Gasteiger partial charge in [-0.05, 0) is 30.5 Å². The van der Waals surface area contributed by atoms with Crippen LogP contribution in [0.25, 0.3) is 0 Å². The molecule has 17 heavy (non-hydrogen) atoms. The summed E-state index contributed by atoms with van der Waals surface area (Å²) in [6.45, 7) is 3.06. The van der Waals surface area contributed by atoms with Crippen molar-refractivity contribution in [3.63, 3.8) is 0 Å². The summed E-state index contributed by atoms with van der Waals surface area (Å²) >= 11 is 0. The van der Waals surface area contributed by atoms with Crippen molar-refractivity contribution in [1.82, 2.24) is 0 Å². The summed E-state index contributed by atoms with van der Waals surface area (Å²) in [5.41, 5.74) is 8.97. The first kappa shape index (κ1) is 12.1. The highest BCUT2D eigenvalue weighted by Crippen LogP contribution is 2.29. The number of nitrogens with two attached hydrogens (primary N) is 1. The molecule has 0 fully saturated rings. The lowest BCUT2D eigenvalue weighted by Crippen LogP contribution is -2.41. The summed E-state index contributed by atoms with van der Waals surface area (Å²) in [6, 6.07) is 5.64. The first-order valence-electron chi connectivity index (χ1n) is 5.81. The predicted molar refractivity (Wildman–Crippen MR) is 66.9 cm³/mol. The minimum Gasteiger partial charge on any atom is -0.380 e. The Kier molecular flexibility index (Phi) is 3.45. The molecule has 1 aliphatic rings. The smallest absolute Gasteiger partial charge is 0.243 e. The standard InChI is InChI=1S/C13H18N2O2/c1-9(14)13(16)15-6-5-11-7-10(8-17-2)3-4-12(11)15/h3-4,7,9H,5-6,8,14H2,1-2H3/t9-/m1/s1. The normalized spacial score (nSPS) is 15.8. The summed E-state index contributed by atoms with van der Waals surface area (Å²) in [7, 11) is 1.68. The number of nitrogens with zero attached hydrogens (tertiary/aromatic N) is 1. The SMILES string of the molecule is COCc1ccc2c(c1)CCN2C(=O)[C@@H](C)N. The predicted octanol–water partition coefficient (Wildman–Crippen LogP) is 1.07. The highest BCUT2D eigenvalue weighted by molar-refractivity contribution is 5.98. The number of hydrogen-bond donors (Lipinski definition) is 1. The summed E-state index contributed by atoms with van der Waals surface area (Å²) < 4.78 is 5.10. The molecule has 4 heteroatoms. The van der Waals surface area contributed by atoms with E-state index < -0.39 is 6.04 Å². The van der Waals surface area contributed by atoms with Crippen molar-refractivity contribution in [2.24, 2.45) is 5.73 Å². The van der Waals surface area contributed by atoms with Gasteiger partial charge in [-0.1, -0.05) is 12.1 Å². The molecule has 2 rings (SSSR count). The highest BCUT2D eigenvalue weighted by atomic mass is 16.5. The van der Waals surface area contributed by atoms with E-state index in [1.54, 1.807) is 18.9 Å². The fourth-order valence-electron chi connectivity index (χ4n) is 2.19. The molecule has 0 unspecified atom stereocenters. The molecule has 2 N–H and O–H groups in total. The number of benzene rings is 1. The Morgan fingerprint density at radius 2 is 2.35 bits per heavy atom. The van der Waals surface area contributed by atoms with Gasteiger partial charge in [-0.15, -0.1) is 0 Å². The summed E-state index contributed by atoms with van der Waals surface area (Å²) in [4.78, 5) is 13.7. The van der Waals surface area contributed by atoms with Gasteiger partial charge in [0.05, 0.1) is 12.6 Å². The van der Waals surface area contributed by atoms with E-state index in [0.717, 1.165) is 24.2 Å². The van der Waals surface area contributed by atoms with E-state index in [1.165, 1.54) is 5.56 Å². The molecule has 1 heterocycles. The minimum absolute atomic E-state index is 0.0109. The monoisotopic (exact) mass is 234 g/mol. The van der Waals surface area contributed by atoms with Gasteiger partial charge in [0.15, 0.2) is 0 Å². The Bertz CT molecular complexity index is 429. The van der Waals surface area contributed by atoms with Crippen LogP contribution in [0.4, 0.5) is 5.69 Å². The molecule has 0 aliphatic carbocycles. The van der Waals surface area contributed by atoms with E-state index in [4.69, 9.17) is 10.5 Å². The van der Waals surface area contributed by atoms with Crippen LogP contribution in [-0.2, 0) is 22.6 Å². The van der Waals surface area contributed by atoms with Crippen LogP contribution in [0.15, 0.2) is 18.2 Å². The van der Waals surface area contributed by atoms with Crippen LogP contribution in [0.1, 0.15) is 18.1 Å². The van der Waals surface area contributed by atoms with Crippen LogP contribution in [0.3, 0.4) is 0 Å². The summed E-state index contributed by atoms with van der Waals surface area (Å²) in [5, 5.41) is 0. The summed E-state index contributed by atoms with van der Waals surface area (Å²) in [6.07, 6.45) is 0.894. The van der Waals surface area contributed by atoms with Crippen molar-refractivity contribution in [3.8, 4) is 0 Å². The van der Waals surface area contributed by atoms with Gasteiger partial charge >= 0.3 is 0 Å². The van der Waals surface area contributed by atoms with E-state index in [9.17, 15) is 4.79 Å². The van der Waals surface area contributed by atoms with Crippen molar-refractivity contribution in [1.29, 1.82) is 0 Å². The number of amides is 1. The molecule has 1 atom stereocenters. The third-order valence-corrected chi connectivity index (χ3v) is 3.01. The molecule has 1 aliphatic heterocycles. The Hall–Kier alpha value is -1.39. The molecule has 4 nitrogen and oxygen atoms in total. The van der Waals surface area contributed by atoms with Crippen molar-refractivity contribution in [3.05, 3.63) is 29.3 Å². The maximum atomic E-state index is 11.9. The second-order valence-corrected chi connectivity index (χ2v) is 4.42. The van der Waals surface area contributed by atoms with E-state index in [-0.39, 0.29) is 5.91 Å². The quantitative estimate of drug-likeness (QED) is 0.851. The van der Waals surface area contributed by atoms with E-state index in [0.29, 0.717) is 6.61 Å². The zero-order valence-corrected chi connectivity index (χ0v) is 10.3. The molecule has 0 saturated carbocycles. The number of fused-ring (bicyclic) bond motifs is 1. The number of anilines is 1. The van der Waals surface area contributed by atoms with Crippen molar-refractivity contribution >= 4 is 11.6 Å². The first-order chi connectivity index (χ1) is 8.13. The zero-order chi connectivity index (χ0) is 12.4. The maximum Gasteiger partial charge on any atom is 0.243 e. The second kappa shape index (κ2) is 4.85. The van der Waals surface area contributed by atoms with E-state index >= 15 is 0 Å². The molecule has 0 radical (unpaired) electrons. The fraction of sp³-hybridized carbons (Fsp3) is 0.462. The number of hydrogen-bond acceptors (Lipinski definition) is 3. The molecule has 1 aromatic rings. The Morgan fingerprint density at radius 1 is 1.59 bits per heavy atom. The van der Waals surface area contributed by atoms with Gasteiger partial charge in [0, 0.05) is 19.3 Å². The lowest BCUT2D eigenvalue weighted by molar-refractivity contribution is -0.119. The molecule has 1 amide bonds. The number of ether oxygens (including phenoxy) is 1. The molecule has 0 spiro atoms. The molecular formula is C13H18N2O2. The lowest BCUT2D eigenvalue weighted by atomic mass is 10.1. The average molecular weight is 234 g/mol. The van der Waals surface area contributed by atoms with Gasteiger partial charge < -0.3 is 15.4 Å². The van der Waals surface area contributed by atoms with Gasteiger partial charge in [-0.3, -0.25) is 4.79 Å². The number of carbonyl (C=O) groups is 1. The van der Waals surface area contributed by atoms with E-state index in [2.05, 4.69) is 6.07 Å². The van der Waals surface area contributed by atoms with Crippen LogP contribution < -0.4 is 10.6 Å². The van der Waals surface area contributed by atoms with Crippen LogP contribution in [0.5, 0.6) is 0 Å². The second-order valence-electron chi connectivity index (χ2n) is 4.42. The van der Waals surface area contributed by atoms with Crippen molar-refractivity contribution < 1.29 is 9.53 Å². The first-order valence-corrected chi connectivity index (χ1v) is 5.81. The Balaban J connectivity index is 2.24. The molecule has 1 aromatic carbocycles. The molecule has 0 aromatic heterocycles. The topological polar surface area (TPSA) is 55.6 Å². The Labute approximate surface area is 101 Å². The highest BCUT2D eigenvalue weighted by Gasteiger charge is 2.26. The maximum absolute atomic E-state index is 11.9. The largest absolute Gasteiger partial charge is 0.380 e. The zero-order valence-electron chi connectivity index (χ0n) is 10.3. The number of methoxy groups -OCH3 is 1. The number of carbonyl (C=O) groups excluding carboxylic acids is 1. The fourth-order valence-corrected chi connectivity index (χ4v) is 2.19. The lowest BCUT2D eigenvalue weighted by Gasteiger charge is -2.19. The molecular weight excluding hydrogens is 216 g/mol. The van der Waals surface area contributed by atoms with Gasteiger partial charge in [0.2, 0.25) is 5.91 Å². The van der Waals surface area contributed by atoms with Crippen LogP contribution in [0, 0.1) is 0 Å². The molecule has 92 valence electrons. The van der Waals surface area contributed by atoms with Crippen LogP contribution in [-0.4, -0.2) is 25.6 Å². The van der Waals surface area contributed by atoms with Gasteiger partial charge in [-0.25, -0.2) is 0 Å². The van der Waals surface area contributed by atoms with E-state index in [1.807, 2.05) is 12.1 Å². The van der Waals surface area contributed by atoms with Crippen molar-refractivity contribution in [2.75, 3.05) is 18.6 Å². The molecule has 0 bridgehead atoms. The van der Waals surface area contributed by atoms with Crippen LogP contribution in [0.2, 0.25) is 0 Å². The number of rotatable bonds is 3. The third-order valence-electron chi connectivity index (χ3n) is 3.01. The van der Waals surface area contributed by atoms with Crippen molar-refractivity contribution in [2.45, 2.75) is 26.0 Å². The molecule has 0 saturated heterocycles.